The van der Waals surface area contributed by atoms with Crippen LogP contribution in [0.25, 0.3) is 0 Å². The number of ether oxygens (including phenoxy) is 12. The quantitative estimate of drug-likeness (QED) is 0.00503. The topological polar surface area (TPSA) is 514 Å². The molecular weight excluding hydrogens is 1500 g/mol. The molecule has 0 aromatic carbocycles. The maximum atomic E-state index is 13.0. The van der Waals surface area contributed by atoms with Crippen molar-refractivity contribution < 1.29 is 184 Å². The molecule has 0 aromatic heterocycles. The van der Waals surface area contributed by atoms with Gasteiger partial charge in [0, 0.05) is 22.8 Å². The van der Waals surface area contributed by atoms with Crippen LogP contribution in [0.1, 0.15) is 219 Å². The summed E-state index contributed by atoms with van der Waals surface area (Å²) in [5.74, 6) is -3.93. The molecule has 4 amide bonds. The largest absolute Gasteiger partial charge is 1.00 e. The number of methoxy groups -OCH3 is 4. The average molecular weight is 1630 g/mol. The second-order valence-electron chi connectivity index (χ2n) is 31.4. The van der Waals surface area contributed by atoms with Crippen molar-refractivity contribution >= 4 is 72.1 Å². The molecule has 0 fully saturated rings. The molecule has 0 rings (SSSR count). The van der Waals surface area contributed by atoms with Crippen molar-refractivity contribution in [3.8, 4) is 0 Å². The standard InChI is InChI=1S/C23H42N2O8.C16H28N2O6.C13H26N6O8.C13H26N2O4.C5H8O2.2Na/c1-12-23(10,13-22(8,9)16(26)30-11)17(27)31-15-25(19(29)33-21(5,6)7)14-24-18(28)32-20(2,3)4;1-11(2)12(19)22-10-18(14(21)24-16(6,7)8)9-17-13(20)23-15(3,4)5;1-6-13(4,7-12(2,3)10(20)26-5)11(21)27-9-17(19(25)16-23)8-14-18(24)15-22;1-6-13(4,11(17)19-9-15-8-14)7-12(2,3)10(16)18-5;1-4(2)5(6)7-3;;/h12-15H2,1-11H3,(H,24,28);1,9-10H2,2-8H3,(H,17,20);14,23-24H,6-9H2,1-5H3;15H,6-9,14H2,1-5H3;1H2,2-3H3;;/q;;;;;2*+1/p-1/b;;19-16-;;;;. The minimum Gasteiger partial charge on any atom is -0.737 e. The van der Waals surface area contributed by atoms with E-state index in [-0.39, 0.29) is 127 Å². The van der Waals surface area contributed by atoms with Crippen molar-refractivity contribution in [2.45, 2.75) is 241 Å². The molecule has 0 spiro atoms. The summed E-state index contributed by atoms with van der Waals surface area (Å²) in [4.78, 5) is 155. The summed E-state index contributed by atoms with van der Waals surface area (Å²) in [5, 5.41) is 42.6. The molecule has 3 unspecified atom stereocenters. The third-order valence-corrected chi connectivity index (χ3v) is 14.6. The van der Waals surface area contributed by atoms with E-state index in [0.29, 0.717) is 36.3 Å². The van der Waals surface area contributed by atoms with Gasteiger partial charge < -0.3 is 83.6 Å². The Morgan fingerprint density at radius 3 is 1.02 bits per heavy atom. The van der Waals surface area contributed by atoms with E-state index in [9.17, 15) is 72.9 Å². The maximum absolute atomic E-state index is 13.0. The summed E-state index contributed by atoms with van der Waals surface area (Å²) in [6.45, 7) is 48.6. The Morgan fingerprint density at radius 1 is 0.464 bits per heavy atom. The van der Waals surface area contributed by atoms with Crippen molar-refractivity contribution in [2.75, 3.05) is 82.0 Å². The number of carbonyl (C=O) groups is 12. The Labute approximate surface area is 704 Å². The van der Waals surface area contributed by atoms with Crippen LogP contribution in [0.5, 0.6) is 0 Å². The number of nitroso groups, excluding NO2 is 1. The van der Waals surface area contributed by atoms with E-state index in [0.717, 1.165) is 9.80 Å². The monoisotopic (exact) mass is 1630 g/mol. The number of alkyl carbamates (subject to hydrolysis) is 2. The van der Waals surface area contributed by atoms with Crippen LogP contribution < -0.4 is 86.2 Å². The van der Waals surface area contributed by atoms with Crippen LogP contribution in [-0.4, -0.2) is 207 Å². The molecule has 7 N–H and O–H groups in total. The number of esters is 8. The Morgan fingerprint density at radius 2 is 0.768 bits per heavy atom. The van der Waals surface area contributed by atoms with Crippen molar-refractivity contribution in [3.63, 3.8) is 0 Å². The summed E-state index contributed by atoms with van der Waals surface area (Å²) in [6, 6.07) is 0. The van der Waals surface area contributed by atoms with Crippen molar-refractivity contribution in [1.29, 1.82) is 0 Å². The average Bonchev–Trinajstić information content (AvgIpc) is 0.825. The van der Waals surface area contributed by atoms with Gasteiger partial charge in [0.25, 0.3) is 0 Å². The molecule has 0 aromatic rings. The molecule has 0 radical (unpaired) electrons. The molecule has 0 aliphatic heterocycles. The van der Waals surface area contributed by atoms with E-state index in [4.69, 9.17) is 63.0 Å². The predicted molar refractivity (Wildman–Crippen MR) is 397 cm³/mol. The number of nitrogens with two attached hydrogens (primary N) is 1. The van der Waals surface area contributed by atoms with Gasteiger partial charge in [0.2, 0.25) is 6.73 Å². The van der Waals surface area contributed by atoms with Gasteiger partial charge in [0.15, 0.2) is 20.1 Å². The van der Waals surface area contributed by atoms with Crippen LogP contribution in [0.2, 0.25) is 0 Å². The first-order valence-corrected chi connectivity index (χ1v) is 34.6. The Balaban J connectivity index is -0.000000257. The summed E-state index contributed by atoms with van der Waals surface area (Å²) in [6.07, 6.45) is -1.02. The molecule has 112 heavy (non-hydrogen) atoms. The number of amides is 4. The van der Waals surface area contributed by atoms with E-state index in [1.807, 2.05) is 19.3 Å². The summed E-state index contributed by atoms with van der Waals surface area (Å²) in [7, 11) is 5.21. The fraction of sp³-hybridized carbons (Fsp3) is 0.771. The predicted octanol–water partition coefficient (Wildman–Crippen LogP) is 3.74. The van der Waals surface area contributed by atoms with Gasteiger partial charge >= 0.3 is 131 Å². The van der Waals surface area contributed by atoms with Gasteiger partial charge in [-0.2, -0.15) is 5.43 Å². The van der Waals surface area contributed by atoms with Crippen LogP contribution in [0.4, 0.5) is 19.2 Å². The number of hydrogen-bond acceptors (Lipinski definition) is 33. The maximum Gasteiger partial charge on any atom is 1.00 e. The van der Waals surface area contributed by atoms with E-state index in [1.165, 1.54) is 35.4 Å². The number of nitrogens with one attached hydrogen (secondary N) is 4. The summed E-state index contributed by atoms with van der Waals surface area (Å²) >= 11 is 0. The van der Waals surface area contributed by atoms with Crippen LogP contribution in [0, 0.1) is 47.8 Å². The van der Waals surface area contributed by atoms with Crippen LogP contribution in [-0.2, 0) is 95.2 Å². The molecule has 0 saturated heterocycles. The summed E-state index contributed by atoms with van der Waals surface area (Å²) < 4.78 is 59.9. The van der Waals surface area contributed by atoms with Gasteiger partial charge in [0.1, 0.15) is 42.5 Å². The molecular formula is C70H129N12Na2O28+. The fourth-order valence-electron chi connectivity index (χ4n) is 8.71. The van der Waals surface area contributed by atoms with Crippen LogP contribution >= 0.6 is 0 Å². The molecule has 3 atom stereocenters. The van der Waals surface area contributed by atoms with E-state index >= 15 is 0 Å². The SMILES string of the molecule is C=C(C)C(=O)OC.C=C(C)C(=O)OCN(CNC(=O)OC(C)(C)C)C(=O)OC(C)(C)C.CCC(C)(CC(C)(C)C(=O)OC)C(=O)OCN(CNC(=O)OC(C)(C)C)C(=O)OC(C)(C)C.CCC(C)(CC(C)(C)C(=O)OC)C(=O)OCN(CNN(O)N=O)/[N+]([O-])=N/[O-].CCC(C)(CC(C)(C)C(=O)OC)C(=O)OCNCN.[Na+].[Na+]. The molecule has 0 aliphatic rings. The van der Waals surface area contributed by atoms with E-state index in [2.05, 4.69) is 44.4 Å². The van der Waals surface area contributed by atoms with Crippen LogP contribution in [0.15, 0.2) is 34.9 Å². The number of carbonyl (C=O) groups excluding carboxylic acids is 12. The normalized spacial score (nSPS) is 12.9. The minimum atomic E-state index is -1.09. The zero-order valence-electron chi connectivity index (χ0n) is 72.5. The minimum absolute atomic E-state index is 0. The molecule has 0 aliphatic carbocycles. The van der Waals surface area contributed by atoms with Gasteiger partial charge in [-0.25, -0.2) is 28.8 Å². The smallest absolute Gasteiger partial charge is 0.737 e. The molecule has 0 heterocycles. The van der Waals surface area contributed by atoms with Crippen LogP contribution in [0.3, 0.4) is 0 Å². The van der Waals surface area contributed by atoms with Crippen molar-refractivity contribution in [1.82, 2.24) is 41.5 Å². The van der Waals surface area contributed by atoms with Gasteiger partial charge in [-0.3, -0.25) is 49.1 Å². The second kappa shape index (κ2) is 54.4. The zero-order valence-corrected chi connectivity index (χ0v) is 76.5. The summed E-state index contributed by atoms with van der Waals surface area (Å²) in [5.41, 5.74) is -0.566. The Bertz CT molecular complexity index is 3040. The molecule has 42 heteroatoms. The first kappa shape index (κ1) is 118. The number of hydrazine groups is 2. The first-order valence-electron chi connectivity index (χ1n) is 34.6. The first-order chi connectivity index (χ1) is 49.8. The molecule has 638 valence electrons. The number of nitrogens with zero attached hydrogens (tertiary/aromatic N) is 7. The van der Waals surface area contributed by atoms with E-state index < -0.39 is 141 Å². The molecule has 0 saturated carbocycles. The van der Waals surface area contributed by atoms with Crippen molar-refractivity contribution in [2.24, 2.45) is 48.8 Å². The third kappa shape index (κ3) is 52.1. The van der Waals surface area contributed by atoms with Gasteiger partial charge in [0.05, 0.1) is 66.2 Å². The molecule has 0 bridgehead atoms. The number of hydrogen-bond donors (Lipinski definition) is 6. The Hall–Kier alpha value is -7.44. The molecule has 40 nitrogen and oxygen atoms in total. The number of rotatable bonds is 35. The van der Waals surface area contributed by atoms with Gasteiger partial charge in [-0.05, 0) is 203 Å². The van der Waals surface area contributed by atoms with Crippen molar-refractivity contribution in [3.05, 3.63) is 39.6 Å². The third-order valence-electron chi connectivity index (χ3n) is 14.6. The zero-order chi connectivity index (χ0) is 87.6. The van der Waals surface area contributed by atoms with E-state index in [1.54, 1.807) is 159 Å². The second-order valence-corrected chi connectivity index (χ2v) is 31.4. The Kier molecular flexibility index (Phi) is 57.2. The van der Waals surface area contributed by atoms with Gasteiger partial charge in [-0.1, -0.05) is 44.2 Å². The van der Waals surface area contributed by atoms with Gasteiger partial charge in [-0.15, -0.1) is 4.91 Å². The fourth-order valence-corrected chi connectivity index (χ4v) is 8.71.